The normalized spacial score (nSPS) is 12.9. The standard InChI is InChI=1S/C21H27Cl3N3OPS/c1-4-12-27(13-5-2)19(15-10-8-7-9-11-15)18(6-3)26-29(30)28-21-17(23)14-16(22)20(24)25-21/h7-11,14,29H,4-6,12-13H2,1-3H3,(H,26,30)/b19-18+. The maximum atomic E-state index is 6.20. The van der Waals surface area contributed by atoms with Crippen molar-refractivity contribution in [2.75, 3.05) is 13.1 Å². The van der Waals surface area contributed by atoms with Crippen LogP contribution >= 0.6 is 41.9 Å². The van der Waals surface area contributed by atoms with Crippen molar-refractivity contribution in [3.05, 3.63) is 62.9 Å². The number of hydrogen-bond donors (Lipinski definition) is 1. The maximum absolute atomic E-state index is 6.20. The van der Waals surface area contributed by atoms with Crippen molar-refractivity contribution >= 4 is 59.4 Å². The van der Waals surface area contributed by atoms with E-state index < -0.39 is 7.07 Å². The van der Waals surface area contributed by atoms with Crippen LogP contribution in [0, 0.1) is 0 Å². The van der Waals surface area contributed by atoms with Crippen molar-refractivity contribution in [1.29, 1.82) is 0 Å². The molecule has 1 N–H and O–H groups in total. The van der Waals surface area contributed by atoms with E-state index in [0.29, 0.717) is 0 Å². The summed E-state index contributed by atoms with van der Waals surface area (Å²) in [5.41, 5.74) is 3.35. The molecule has 2 rings (SSSR count). The molecule has 0 aliphatic heterocycles. The summed E-state index contributed by atoms with van der Waals surface area (Å²) in [5, 5.41) is 4.12. The van der Waals surface area contributed by atoms with Crippen LogP contribution in [0.15, 0.2) is 42.1 Å². The van der Waals surface area contributed by atoms with E-state index in [1.165, 1.54) is 6.07 Å². The largest absolute Gasteiger partial charge is 0.432 e. The van der Waals surface area contributed by atoms with Gasteiger partial charge in [-0.25, -0.2) is 0 Å². The average molecular weight is 507 g/mol. The highest BCUT2D eigenvalue weighted by atomic mass is 35.5. The highest BCUT2D eigenvalue weighted by Gasteiger charge is 2.17. The minimum Gasteiger partial charge on any atom is -0.432 e. The minimum absolute atomic E-state index is 0.133. The smallest absolute Gasteiger partial charge is 0.238 e. The predicted molar refractivity (Wildman–Crippen MR) is 135 cm³/mol. The zero-order valence-electron chi connectivity index (χ0n) is 17.3. The minimum atomic E-state index is -1.92. The third kappa shape index (κ3) is 7.03. The molecule has 4 nitrogen and oxygen atoms in total. The van der Waals surface area contributed by atoms with Gasteiger partial charge in [0.1, 0.15) is 5.02 Å². The Hall–Kier alpha value is -0.970. The van der Waals surface area contributed by atoms with Gasteiger partial charge in [-0.15, -0.1) is 0 Å². The highest BCUT2D eigenvalue weighted by molar-refractivity contribution is 8.02. The van der Waals surface area contributed by atoms with Gasteiger partial charge < -0.3 is 14.5 Å². The SMILES string of the molecule is CCCN(CCC)/C(=C(\CC)N[PH](=S)Oc1nc(Cl)c(Cl)cc1Cl)c1ccccc1. The van der Waals surface area contributed by atoms with E-state index in [2.05, 4.69) is 47.9 Å². The number of halogens is 3. The molecule has 9 heteroatoms. The first kappa shape index (κ1) is 25.3. The Bertz CT molecular complexity index is 891. The van der Waals surface area contributed by atoms with E-state index >= 15 is 0 Å². The average Bonchev–Trinajstić information content (AvgIpc) is 2.72. The van der Waals surface area contributed by atoms with Crippen molar-refractivity contribution in [3.63, 3.8) is 0 Å². The number of nitrogens with one attached hydrogen (secondary N) is 1. The summed E-state index contributed by atoms with van der Waals surface area (Å²) in [6.45, 7) is 8.41. The molecule has 0 saturated carbocycles. The lowest BCUT2D eigenvalue weighted by molar-refractivity contribution is 0.392. The van der Waals surface area contributed by atoms with E-state index in [9.17, 15) is 0 Å². The van der Waals surface area contributed by atoms with Crippen LogP contribution in [0.25, 0.3) is 5.70 Å². The summed E-state index contributed by atoms with van der Waals surface area (Å²) < 4.78 is 5.87. The lowest BCUT2D eigenvalue weighted by Gasteiger charge is -2.30. The number of aromatic nitrogens is 1. The van der Waals surface area contributed by atoms with Crippen LogP contribution in [0.1, 0.15) is 45.6 Å². The fourth-order valence-corrected chi connectivity index (χ4v) is 5.19. The molecule has 164 valence electrons. The third-order valence-electron chi connectivity index (χ3n) is 4.29. The Balaban J connectivity index is 2.38. The molecule has 30 heavy (non-hydrogen) atoms. The number of benzene rings is 1. The Morgan fingerprint density at radius 1 is 1.07 bits per heavy atom. The van der Waals surface area contributed by atoms with Crippen molar-refractivity contribution in [1.82, 2.24) is 15.0 Å². The van der Waals surface area contributed by atoms with Crippen molar-refractivity contribution in [2.45, 2.75) is 40.0 Å². The molecular formula is C21H27Cl3N3OPS. The Labute approximate surface area is 200 Å². The van der Waals surface area contributed by atoms with Gasteiger partial charge >= 0.3 is 0 Å². The number of hydrogen-bond acceptors (Lipinski definition) is 4. The summed E-state index contributed by atoms with van der Waals surface area (Å²) in [6, 6.07) is 11.9. The van der Waals surface area contributed by atoms with Gasteiger partial charge in [0.2, 0.25) is 5.88 Å². The molecule has 1 atom stereocenters. The van der Waals surface area contributed by atoms with E-state index in [0.717, 1.165) is 49.3 Å². The maximum Gasteiger partial charge on any atom is 0.238 e. The van der Waals surface area contributed by atoms with Crippen LogP contribution in [0.2, 0.25) is 15.2 Å². The fourth-order valence-electron chi connectivity index (χ4n) is 3.07. The third-order valence-corrected chi connectivity index (χ3v) is 6.67. The van der Waals surface area contributed by atoms with Crippen LogP contribution in [0.3, 0.4) is 0 Å². The molecule has 1 unspecified atom stereocenters. The van der Waals surface area contributed by atoms with E-state index in [-0.39, 0.29) is 21.1 Å². The molecule has 2 aromatic rings. The molecule has 0 saturated heterocycles. The molecule has 0 aliphatic carbocycles. The summed E-state index contributed by atoms with van der Waals surface area (Å²) >= 11 is 23.8. The Kier molecular flexibility index (Phi) is 10.8. The summed E-state index contributed by atoms with van der Waals surface area (Å²) in [4.78, 5) is 6.53. The van der Waals surface area contributed by atoms with Gasteiger partial charge in [0.15, 0.2) is 12.2 Å². The molecular weight excluding hydrogens is 480 g/mol. The Morgan fingerprint density at radius 3 is 2.27 bits per heavy atom. The van der Waals surface area contributed by atoms with Gasteiger partial charge in [-0.05, 0) is 42.7 Å². The molecule has 0 spiro atoms. The van der Waals surface area contributed by atoms with Gasteiger partial charge in [-0.2, -0.15) is 4.98 Å². The first-order chi connectivity index (χ1) is 14.4. The van der Waals surface area contributed by atoms with Gasteiger partial charge in [0.25, 0.3) is 0 Å². The second kappa shape index (κ2) is 12.8. The fraction of sp³-hybridized carbons (Fsp3) is 0.381. The number of nitrogens with zero attached hydrogens (tertiary/aromatic N) is 2. The molecule has 0 aliphatic rings. The monoisotopic (exact) mass is 505 g/mol. The molecule has 0 amide bonds. The molecule has 0 radical (unpaired) electrons. The number of allylic oxidation sites excluding steroid dienone is 1. The van der Waals surface area contributed by atoms with E-state index in [1.54, 1.807) is 0 Å². The van der Waals surface area contributed by atoms with Crippen LogP contribution in [-0.4, -0.2) is 23.0 Å². The Morgan fingerprint density at radius 2 is 1.70 bits per heavy atom. The van der Waals surface area contributed by atoms with Gasteiger partial charge in [-0.1, -0.05) is 85.9 Å². The summed E-state index contributed by atoms with van der Waals surface area (Å²) in [7, 11) is -1.92. The first-order valence-electron chi connectivity index (χ1n) is 9.95. The predicted octanol–water partition coefficient (Wildman–Crippen LogP) is 7.42. The van der Waals surface area contributed by atoms with Gasteiger partial charge in [0, 0.05) is 18.8 Å². The summed E-state index contributed by atoms with van der Waals surface area (Å²) in [6.07, 6.45) is 2.89. The molecule has 0 bridgehead atoms. The highest BCUT2D eigenvalue weighted by Crippen LogP contribution is 2.36. The second-order valence-corrected chi connectivity index (χ2v) is 9.91. The van der Waals surface area contributed by atoms with Crippen LogP contribution in [-0.2, 0) is 11.8 Å². The lowest BCUT2D eigenvalue weighted by atomic mass is 10.1. The van der Waals surface area contributed by atoms with Crippen LogP contribution < -0.4 is 9.61 Å². The lowest BCUT2D eigenvalue weighted by Crippen LogP contribution is -2.27. The molecule has 1 aromatic carbocycles. The molecule has 0 fully saturated rings. The number of pyridine rings is 1. The van der Waals surface area contributed by atoms with Crippen molar-refractivity contribution < 1.29 is 4.52 Å². The number of rotatable bonds is 11. The quantitative estimate of drug-likeness (QED) is 0.253. The first-order valence-corrected chi connectivity index (χ1v) is 13.6. The van der Waals surface area contributed by atoms with E-state index in [1.807, 2.05) is 18.2 Å². The van der Waals surface area contributed by atoms with Crippen LogP contribution in [0.5, 0.6) is 5.88 Å². The zero-order valence-corrected chi connectivity index (χ0v) is 21.4. The molecule has 1 aromatic heterocycles. The van der Waals surface area contributed by atoms with E-state index in [4.69, 9.17) is 51.1 Å². The van der Waals surface area contributed by atoms with Crippen molar-refractivity contribution in [3.8, 4) is 5.88 Å². The van der Waals surface area contributed by atoms with Crippen molar-refractivity contribution in [2.24, 2.45) is 0 Å². The van der Waals surface area contributed by atoms with Gasteiger partial charge in [0.05, 0.1) is 10.7 Å². The topological polar surface area (TPSA) is 37.4 Å². The second-order valence-electron chi connectivity index (χ2n) is 6.60. The summed E-state index contributed by atoms with van der Waals surface area (Å²) in [5.74, 6) is 0.193. The zero-order chi connectivity index (χ0) is 22.1. The van der Waals surface area contributed by atoms with Crippen LogP contribution in [0.4, 0.5) is 0 Å². The van der Waals surface area contributed by atoms with Gasteiger partial charge in [-0.3, -0.25) is 0 Å². The molecule has 1 heterocycles.